The zero-order valence-electron chi connectivity index (χ0n) is 11.8. The number of carbonyl (C=O) groups excluding carboxylic acids is 1. The van der Waals surface area contributed by atoms with Crippen LogP contribution in [0.5, 0.6) is 0 Å². The zero-order chi connectivity index (χ0) is 16.2. The Morgan fingerprint density at radius 2 is 2.13 bits per heavy atom. The average Bonchev–Trinajstić information content (AvgIpc) is 3.17. The van der Waals surface area contributed by atoms with Crippen molar-refractivity contribution >= 4 is 5.91 Å². The molecule has 9 heteroatoms. The number of aromatic amines is 1. The van der Waals surface area contributed by atoms with Crippen LogP contribution in [-0.2, 0) is 6.42 Å². The number of carbonyl (C=O) groups is 1. The van der Waals surface area contributed by atoms with Crippen molar-refractivity contribution in [2.24, 2.45) is 0 Å². The highest BCUT2D eigenvalue weighted by Crippen LogP contribution is 2.09. The van der Waals surface area contributed by atoms with Crippen LogP contribution in [0.2, 0.25) is 0 Å². The third-order valence-electron chi connectivity index (χ3n) is 3.07. The van der Waals surface area contributed by atoms with E-state index in [2.05, 4.69) is 25.1 Å². The number of hydrogen-bond acceptors (Lipinski definition) is 5. The molecule has 3 aromatic rings. The molecule has 0 unspecified atom stereocenters. The Bertz CT molecular complexity index is 865. The zero-order valence-corrected chi connectivity index (χ0v) is 11.8. The van der Waals surface area contributed by atoms with Crippen LogP contribution >= 0.6 is 0 Å². The van der Waals surface area contributed by atoms with E-state index in [1.807, 2.05) is 0 Å². The molecule has 0 bridgehead atoms. The molecular formula is C14H12FN5O3. The van der Waals surface area contributed by atoms with Gasteiger partial charge in [0, 0.05) is 19.2 Å². The van der Waals surface area contributed by atoms with Gasteiger partial charge in [-0.05, 0) is 24.3 Å². The molecule has 1 aromatic carbocycles. The van der Waals surface area contributed by atoms with Gasteiger partial charge in [-0.15, -0.1) is 0 Å². The van der Waals surface area contributed by atoms with Crippen molar-refractivity contribution in [3.05, 3.63) is 64.4 Å². The van der Waals surface area contributed by atoms with Crippen molar-refractivity contribution in [2.75, 3.05) is 6.54 Å². The summed E-state index contributed by atoms with van der Waals surface area (Å²) in [6.07, 6.45) is 3.29. The fourth-order valence-electron chi connectivity index (χ4n) is 1.94. The van der Waals surface area contributed by atoms with Gasteiger partial charge in [0.25, 0.3) is 5.91 Å². The minimum Gasteiger partial charge on any atom is -0.351 e. The Balaban J connectivity index is 1.59. The van der Waals surface area contributed by atoms with Crippen LogP contribution in [0.1, 0.15) is 16.2 Å². The molecule has 8 nitrogen and oxygen atoms in total. The van der Waals surface area contributed by atoms with Crippen LogP contribution in [0.3, 0.4) is 0 Å². The highest BCUT2D eigenvalue weighted by molar-refractivity contribution is 5.93. The maximum Gasteiger partial charge on any atom is 0.438 e. The fourth-order valence-corrected chi connectivity index (χ4v) is 1.94. The van der Waals surface area contributed by atoms with E-state index in [0.29, 0.717) is 23.5 Å². The first kappa shape index (κ1) is 14.7. The molecular weight excluding hydrogens is 305 g/mol. The van der Waals surface area contributed by atoms with E-state index in [0.717, 1.165) is 0 Å². The quantitative estimate of drug-likeness (QED) is 0.719. The van der Waals surface area contributed by atoms with Crippen molar-refractivity contribution in [1.29, 1.82) is 0 Å². The normalized spacial score (nSPS) is 10.7. The first-order valence-corrected chi connectivity index (χ1v) is 6.75. The maximum absolute atomic E-state index is 12.9. The lowest BCUT2D eigenvalue weighted by atomic mass is 10.3. The number of benzene rings is 1. The van der Waals surface area contributed by atoms with Crippen LogP contribution in [0, 0.1) is 5.82 Å². The second kappa shape index (κ2) is 6.26. The molecule has 3 rings (SSSR count). The summed E-state index contributed by atoms with van der Waals surface area (Å²) in [5.41, 5.74) is 1.01. The van der Waals surface area contributed by atoms with Crippen molar-refractivity contribution in [2.45, 2.75) is 6.42 Å². The van der Waals surface area contributed by atoms with Crippen LogP contribution in [0.25, 0.3) is 5.69 Å². The third-order valence-corrected chi connectivity index (χ3v) is 3.07. The Morgan fingerprint density at radius 3 is 2.83 bits per heavy atom. The standard InChI is InChI=1S/C14H12FN5O3/c15-10-1-3-11(4-2-10)20-8-9(7-17-20)13(21)16-6-5-12-18-14(22)23-19-12/h1-4,7-8H,5-6H2,(H,16,21)(H,18,19,22). The van der Waals surface area contributed by atoms with E-state index in [9.17, 15) is 14.0 Å². The van der Waals surface area contributed by atoms with Gasteiger partial charge < -0.3 is 5.32 Å². The number of nitrogens with zero attached hydrogens (tertiary/aromatic N) is 3. The number of halogens is 1. The molecule has 2 heterocycles. The highest BCUT2D eigenvalue weighted by Gasteiger charge is 2.10. The molecule has 0 atom stereocenters. The number of H-pyrrole nitrogens is 1. The van der Waals surface area contributed by atoms with Crippen molar-refractivity contribution < 1.29 is 13.7 Å². The summed E-state index contributed by atoms with van der Waals surface area (Å²) < 4.78 is 18.7. The van der Waals surface area contributed by atoms with Crippen LogP contribution < -0.4 is 11.1 Å². The molecule has 118 valence electrons. The van der Waals surface area contributed by atoms with Gasteiger partial charge in [-0.3, -0.25) is 14.3 Å². The van der Waals surface area contributed by atoms with Gasteiger partial charge in [-0.25, -0.2) is 13.9 Å². The fraction of sp³-hybridized carbons (Fsp3) is 0.143. The number of nitrogens with one attached hydrogen (secondary N) is 2. The van der Waals surface area contributed by atoms with Crippen LogP contribution in [0.15, 0.2) is 46.0 Å². The van der Waals surface area contributed by atoms with E-state index >= 15 is 0 Å². The third kappa shape index (κ3) is 3.51. The summed E-state index contributed by atoms with van der Waals surface area (Å²) in [6.45, 7) is 0.281. The monoisotopic (exact) mass is 317 g/mol. The molecule has 1 amide bonds. The Kier molecular flexibility index (Phi) is 4.00. The molecule has 2 aromatic heterocycles. The summed E-state index contributed by atoms with van der Waals surface area (Å²) in [6, 6.07) is 5.75. The predicted octanol–water partition coefficient (Wildman–Crippen LogP) is 0.660. The molecule has 23 heavy (non-hydrogen) atoms. The van der Waals surface area contributed by atoms with Crippen molar-refractivity contribution in [3.63, 3.8) is 0 Å². The largest absolute Gasteiger partial charge is 0.438 e. The maximum atomic E-state index is 12.9. The van der Waals surface area contributed by atoms with Gasteiger partial charge in [0.15, 0.2) is 5.82 Å². The average molecular weight is 317 g/mol. The lowest BCUT2D eigenvalue weighted by Gasteiger charge is -2.01. The Morgan fingerprint density at radius 1 is 1.35 bits per heavy atom. The van der Waals surface area contributed by atoms with Crippen LogP contribution in [-0.4, -0.2) is 32.4 Å². The molecule has 0 spiro atoms. The van der Waals surface area contributed by atoms with Gasteiger partial charge in [0.05, 0.1) is 17.4 Å². The lowest BCUT2D eigenvalue weighted by Crippen LogP contribution is -2.25. The molecule has 0 fully saturated rings. The number of aromatic nitrogens is 4. The van der Waals surface area contributed by atoms with E-state index < -0.39 is 5.76 Å². The summed E-state index contributed by atoms with van der Waals surface area (Å²) >= 11 is 0. The summed E-state index contributed by atoms with van der Waals surface area (Å²) in [4.78, 5) is 25.1. The number of amides is 1. The highest BCUT2D eigenvalue weighted by atomic mass is 19.1. The second-order valence-electron chi connectivity index (χ2n) is 4.70. The minimum atomic E-state index is -0.632. The first-order chi connectivity index (χ1) is 11.1. The van der Waals surface area contributed by atoms with Gasteiger partial charge in [-0.1, -0.05) is 5.16 Å². The second-order valence-corrected chi connectivity index (χ2v) is 4.70. The Labute approximate surface area is 128 Å². The molecule has 0 aliphatic rings. The van der Waals surface area contributed by atoms with E-state index in [4.69, 9.17) is 0 Å². The van der Waals surface area contributed by atoms with Gasteiger partial charge in [0.1, 0.15) is 5.82 Å². The number of rotatable bonds is 5. The lowest BCUT2D eigenvalue weighted by molar-refractivity contribution is 0.0954. The van der Waals surface area contributed by atoms with Crippen molar-refractivity contribution in [1.82, 2.24) is 25.2 Å². The SMILES string of the molecule is O=C(NCCc1noc(=O)[nH]1)c1cnn(-c2ccc(F)cc2)c1. The number of hydrogen-bond donors (Lipinski definition) is 2. The van der Waals surface area contributed by atoms with Crippen LogP contribution in [0.4, 0.5) is 4.39 Å². The van der Waals surface area contributed by atoms with E-state index in [-0.39, 0.29) is 18.3 Å². The molecule has 0 saturated heterocycles. The van der Waals surface area contributed by atoms with E-state index in [1.165, 1.54) is 23.0 Å². The van der Waals surface area contributed by atoms with Gasteiger partial charge in [-0.2, -0.15) is 5.10 Å². The molecule has 0 aliphatic heterocycles. The van der Waals surface area contributed by atoms with E-state index in [1.54, 1.807) is 18.3 Å². The molecule has 0 saturated carbocycles. The van der Waals surface area contributed by atoms with Gasteiger partial charge in [0.2, 0.25) is 0 Å². The summed E-state index contributed by atoms with van der Waals surface area (Å²) in [5.74, 6) is -0.932. The smallest absolute Gasteiger partial charge is 0.351 e. The predicted molar refractivity (Wildman–Crippen MR) is 76.7 cm³/mol. The summed E-state index contributed by atoms with van der Waals surface area (Å²) in [7, 11) is 0. The van der Waals surface area contributed by atoms with Gasteiger partial charge >= 0.3 is 5.76 Å². The first-order valence-electron chi connectivity index (χ1n) is 6.75. The topological polar surface area (TPSA) is 106 Å². The molecule has 2 N–H and O–H groups in total. The molecule has 0 radical (unpaired) electrons. The minimum absolute atomic E-state index is 0.281. The summed E-state index contributed by atoms with van der Waals surface area (Å²) in [5, 5.41) is 10.2. The molecule has 0 aliphatic carbocycles. The van der Waals surface area contributed by atoms with Crippen molar-refractivity contribution in [3.8, 4) is 5.69 Å². The Hall–Kier alpha value is -3.23.